The summed E-state index contributed by atoms with van der Waals surface area (Å²) in [5.74, 6) is 0.518. The van der Waals surface area contributed by atoms with Crippen LogP contribution in [0.2, 0.25) is 0 Å². The van der Waals surface area contributed by atoms with Gasteiger partial charge in [-0.25, -0.2) is 4.98 Å². The molecule has 0 N–H and O–H groups in total. The zero-order valence-corrected chi connectivity index (χ0v) is 13.3. The molecule has 2 rings (SSSR count). The van der Waals surface area contributed by atoms with Crippen LogP contribution >= 0.6 is 22.9 Å². The fourth-order valence-electron chi connectivity index (χ4n) is 2.07. The second-order valence-electron chi connectivity index (χ2n) is 4.92. The van der Waals surface area contributed by atoms with Crippen molar-refractivity contribution in [3.8, 4) is 0 Å². The molecule has 2 aromatic rings. The van der Waals surface area contributed by atoms with Crippen LogP contribution in [0.5, 0.6) is 0 Å². The molecule has 0 radical (unpaired) electrons. The van der Waals surface area contributed by atoms with E-state index >= 15 is 0 Å². The molecular weight excluding hydrogens is 290 g/mol. The quantitative estimate of drug-likeness (QED) is 0.549. The van der Waals surface area contributed by atoms with E-state index in [-0.39, 0.29) is 0 Å². The summed E-state index contributed by atoms with van der Waals surface area (Å²) in [5, 5.41) is 3.26. The number of halogens is 1. The molecule has 108 valence electrons. The normalized spacial score (nSPS) is 11.2. The summed E-state index contributed by atoms with van der Waals surface area (Å²) in [4.78, 5) is 11.0. The van der Waals surface area contributed by atoms with Gasteiger partial charge in [0, 0.05) is 24.3 Å². The van der Waals surface area contributed by atoms with Gasteiger partial charge >= 0.3 is 0 Å². The number of nitrogens with zero attached hydrogens (tertiary/aromatic N) is 3. The highest BCUT2D eigenvalue weighted by Crippen LogP contribution is 2.14. The molecular formula is C15H20ClN3S. The lowest BCUT2D eigenvalue weighted by Gasteiger charge is -2.16. The Morgan fingerprint density at radius 1 is 1.35 bits per heavy atom. The average Bonchev–Trinajstić information content (AvgIpc) is 2.93. The average molecular weight is 310 g/mol. The molecule has 0 unspecified atom stereocenters. The Balaban J connectivity index is 1.63. The van der Waals surface area contributed by atoms with Gasteiger partial charge in [0.2, 0.25) is 0 Å². The topological polar surface area (TPSA) is 29.0 Å². The monoisotopic (exact) mass is 309 g/mol. The van der Waals surface area contributed by atoms with Crippen LogP contribution in [-0.4, -0.2) is 28.5 Å². The van der Waals surface area contributed by atoms with Crippen molar-refractivity contribution >= 4 is 22.9 Å². The van der Waals surface area contributed by atoms with Crippen molar-refractivity contribution in [2.45, 2.75) is 31.7 Å². The molecule has 0 saturated heterocycles. The van der Waals surface area contributed by atoms with E-state index in [0.29, 0.717) is 5.88 Å². The highest BCUT2D eigenvalue weighted by Gasteiger charge is 2.03. The molecule has 0 aliphatic carbocycles. The number of hydrogen-bond donors (Lipinski definition) is 0. The van der Waals surface area contributed by atoms with Crippen LogP contribution in [0.3, 0.4) is 0 Å². The zero-order chi connectivity index (χ0) is 14.2. The number of aromatic nitrogens is 2. The van der Waals surface area contributed by atoms with Crippen LogP contribution in [0.4, 0.5) is 0 Å². The van der Waals surface area contributed by atoms with Crippen molar-refractivity contribution in [1.29, 1.82) is 0 Å². The van der Waals surface area contributed by atoms with Gasteiger partial charge in [-0.1, -0.05) is 6.07 Å². The molecule has 0 fully saturated rings. The number of unbranched alkanes of at least 4 members (excludes halogenated alkanes) is 1. The molecule has 0 atom stereocenters. The van der Waals surface area contributed by atoms with Gasteiger partial charge in [0.15, 0.2) is 0 Å². The first-order valence-corrected chi connectivity index (χ1v) is 8.26. The largest absolute Gasteiger partial charge is 0.302 e. The van der Waals surface area contributed by atoms with Gasteiger partial charge in [0.1, 0.15) is 0 Å². The second-order valence-corrected chi connectivity index (χ2v) is 6.13. The van der Waals surface area contributed by atoms with E-state index in [0.717, 1.165) is 25.2 Å². The zero-order valence-electron chi connectivity index (χ0n) is 11.8. The number of rotatable bonds is 8. The Kier molecular flexibility index (Phi) is 6.43. The maximum atomic E-state index is 5.75. The van der Waals surface area contributed by atoms with E-state index in [9.17, 15) is 0 Å². The van der Waals surface area contributed by atoms with Crippen LogP contribution in [0.1, 0.15) is 29.1 Å². The molecule has 3 nitrogen and oxygen atoms in total. The Morgan fingerprint density at radius 2 is 2.25 bits per heavy atom. The Morgan fingerprint density at radius 3 is 2.95 bits per heavy atom. The van der Waals surface area contributed by atoms with Gasteiger partial charge in [0.05, 0.1) is 16.6 Å². The predicted octanol–water partition coefficient (Wildman–Crippen LogP) is 3.73. The molecule has 2 aromatic heterocycles. The van der Waals surface area contributed by atoms with Gasteiger partial charge in [-0.2, -0.15) is 0 Å². The van der Waals surface area contributed by atoms with Crippen molar-refractivity contribution in [2.75, 3.05) is 13.6 Å². The van der Waals surface area contributed by atoms with Crippen LogP contribution in [0, 0.1) is 0 Å². The lowest BCUT2D eigenvalue weighted by molar-refractivity contribution is 0.318. The molecule has 2 heterocycles. The summed E-state index contributed by atoms with van der Waals surface area (Å²) in [6, 6.07) is 4.10. The van der Waals surface area contributed by atoms with Crippen LogP contribution in [0.25, 0.3) is 0 Å². The van der Waals surface area contributed by atoms with Crippen LogP contribution in [-0.2, 0) is 18.8 Å². The minimum absolute atomic E-state index is 0.518. The Hall–Kier alpha value is -0.970. The third-order valence-corrected chi connectivity index (χ3v) is 4.32. The first kappa shape index (κ1) is 15.4. The smallest absolute Gasteiger partial charge is 0.0928 e. The summed E-state index contributed by atoms with van der Waals surface area (Å²) >= 11 is 7.47. The second kappa shape index (κ2) is 8.35. The molecule has 0 aliphatic heterocycles. The predicted molar refractivity (Wildman–Crippen MR) is 85.2 cm³/mol. The number of hydrogen-bond acceptors (Lipinski definition) is 4. The Bertz CT molecular complexity index is 501. The van der Waals surface area contributed by atoms with E-state index in [1.54, 1.807) is 11.3 Å². The fourth-order valence-corrected chi connectivity index (χ4v) is 3.13. The van der Waals surface area contributed by atoms with E-state index < -0.39 is 0 Å². The van der Waals surface area contributed by atoms with Gasteiger partial charge in [-0.3, -0.25) is 4.98 Å². The van der Waals surface area contributed by atoms with Gasteiger partial charge in [-0.15, -0.1) is 22.9 Å². The lowest BCUT2D eigenvalue weighted by Crippen LogP contribution is -2.19. The third kappa shape index (κ3) is 5.19. The van der Waals surface area contributed by atoms with Gasteiger partial charge in [-0.05, 0) is 44.5 Å². The SMILES string of the molecule is CN(CCCCc1nc(CCl)cs1)Cc1cccnc1. The molecule has 20 heavy (non-hydrogen) atoms. The minimum atomic E-state index is 0.518. The maximum Gasteiger partial charge on any atom is 0.0928 e. The molecule has 0 aliphatic rings. The summed E-state index contributed by atoms with van der Waals surface area (Å²) in [5.41, 5.74) is 2.27. The number of alkyl halides is 1. The molecule has 0 amide bonds. The first-order valence-electron chi connectivity index (χ1n) is 6.84. The molecule has 0 spiro atoms. The van der Waals surface area contributed by atoms with Gasteiger partial charge < -0.3 is 4.90 Å². The van der Waals surface area contributed by atoms with E-state index in [1.807, 2.05) is 18.5 Å². The van der Waals surface area contributed by atoms with Crippen molar-refractivity contribution in [1.82, 2.24) is 14.9 Å². The standard InChI is InChI=1S/C15H20ClN3S/c1-19(11-13-5-4-7-17-10-13)8-3-2-6-15-18-14(9-16)12-20-15/h4-5,7,10,12H,2-3,6,8-9,11H2,1H3. The fraction of sp³-hybridized carbons (Fsp3) is 0.467. The molecule has 5 heteroatoms. The minimum Gasteiger partial charge on any atom is -0.302 e. The molecule has 0 saturated carbocycles. The van der Waals surface area contributed by atoms with Crippen molar-refractivity contribution < 1.29 is 0 Å². The van der Waals surface area contributed by atoms with Crippen LogP contribution in [0.15, 0.2) is 29.9 Å². The van der Waals surface area contributed by atoms with E-state index in [4.69, 9.17) is 11.6 Å². The maximum absolute atomic E-state index is 5.75. The highest BCUT2D eigenvalue weighted by atomic mass is 35.5. The van der Waals surface area contributed by atoms with E-state index in [2.05, 4.69) is 33.4 Å². The number of pyridine rings is 1. The summed E-state index contributed by atoms with van der Waals surface area (Å²) in [6.07, 6.45) is 7.16. The lowest BCUT2D eigenvalue weighted by atomic mass is 10.2. The molecule has 0 aromatic carbocycles. The summed E-state index contributed by atoms with van der Waals surface area (Å²) in [6.45, 7) is 2.06. The van der Waals surface area contributed by atoms with Crippen LogP contribution < -0.4 is 0 Å². The van der Waals surface area contributed by atoms with Gasteiger partial charge in [0.25, 0.3) is 0 Å². The first-order chi connectivity index (χ1) is 9.78. The van der Waals surface area contributed by atoms with E-state index in [1.165, 1.54) is 23.4 Å². The summed E-state index contributed by atoms with van der Waals surface area (Å²) < 4.78 is 0. The highest BCUT2D eigenvalue weighted by molar-refractivity contribution is 7.09. The number of thiazole rings is 1. The van der Waals surface area contributed by atoms with Crippen molar-refractivity contribution in [2.24, 2.45) is 0 Å². The van der Waals surface area contributed by atoms with Crippen molar-refractivity contribution in [3.05, 3.63) is 46.2 Å². The molecule has 0 bridgehead atoms. The Labute approximate surface area is 129 Å². The number of aryl methyl sites for hydroxylation is 1. The summed E-state index contributed by atoms with van der Waals surface area (Å²) in [7, 11) is 2.15. The van der Waals surface area contributed by atoms with Crippen molar-refractivity contribution in [3.63, 3.8) is 0 Å². The third-order valence-electron chi connectivity index (χ3n) is 3.09.